The monoisotopic (exact) mass is 308 g/mol. The summed E-state index contributed by atoms with van der Waals surface area (Å²) in [5, 5.41) is 4.30. The zero-order chi connectivity index (χ0) is 14.7. The molecule has 2 aliphatic rings. The van der Waals surface area contributed by atoms with Crippen LogP contribution in [0.15, 0.2) is 18.2 Å². The topological polar surface area (TPSA) is 24.5 Å². The van der Waals surface area contributed by atoms with Crippen molar-refractivity contribution in [3.8, 4) is 5.75 Å². The molecular weight excluding hydrogens is 284 g/mol. The van der Waals surface area contributed by atoms with Crippen molar-refractivity contribution in [3.63, 3.8) is 0 Å². The maximum Gasteiger partial charge on any atom is 0.137 e. The van der Waals surface area contributed by atoms with E-state index in [-0.39, 0.29) is 0 Å². The van der Waals surface area contributed by atoms with Gasteiger partial charge in [-0.2, -0.15) is 0 Å². The highest BCUT2D eigenvalue weighted by atomic mass is 35.5. The van der Waals surface area contributed by atoms with Crippen molar-refractivity contribution in [3.05, 3.63) is 28.8 Å². The molecule has 21 heavy (non-hydrogen) atoms. The number of rotatable bonds is 3. The van der Waals surface area contributed by atoms with Crippen LogP contribution in [0.5, 0.6) is 5.75 Å². The molecule has 116 valence electrons. The molecule has 3 rings (SSSR count). The Hall–Kier alpha value is -0.770. The predicted molar refractivity (Wildman–Crippen MR) is 87.1 cm³/mol. The van der Waals surface area contributed by atoms with Crippen molar-refractivity contribution in [1.29, 1.82) is 0 Å². The molecule has 0 aliphatic carbocycles. The number of ether oxygens (including phenoxy) is 1. The Morgan fingerprint density at radius 2 is 2.19 bits per heavy atom. The van der Waals surface area contributed by atoms with Gasteiger partial charge in [0.1, 0.15) is 5.75 Å². The van der Waals surface area contributed by atoms with E-state index in [0.717, 1.165) is 12.3 Å². The van der Waals surface area contributed by atoms with Gasteiger partial charge in [-0.1, -0.05) is 17.7 Å². The number of hydrogen-bond donors (Lipinski definition) is 1. The molecule has 1 unspecified atom stereocenters. The lowest BCUT2D eigenvalue weighted by Gasteiger charge is -2.45. The van der Waals surface area contributed by atoms with Crippen molar-refractivity contribution in [1.82, 2.24) is 10.2 Å². The predicted octanol–water partition coefficient (Wildman–Crippen LogP) is 3.31. The van der Waals surface area contributed by atoms with Crippen LogP contribution in [0, 0.1) is 5.41 Å². The van der Waals surface area contributed by atoms with Crippen LogP contribution in [0.3, 0.4) is 0 Å². The first kappa shape index (κ1) is 15.1. The van der Waals surface area contributed by atoms with Crippen LogP contribution in [0.1, 0.15) is 31.2 Å². The number of nitrogens with zero attached hydrogens (tertiary/aromatic N) is 1. The molecular formula is C17H25ClN2O. The van der Waals surface area contributed by atoms with Gasteiger partial charge in [-0.3, -0.25) is 4.90 Å². The molecule has 0 aromatic heterocycles. The zero-order valence-electron chi connectivity index (χ0n) is 12.8. The third-order valence-corrected chi connectivity index (χ3v) is 5.22. The first-order chi connectivity index (χ1) is 10.2. The second kappa shape index (κ2) is 6.55. The summed E-state index contributed by atoms with van der Waals surface area (Å²) < 4.78 is 5.23. The van der Waals surface area contributed by atoms with Gasteiger partial charge >= 0.3 is 0 Å². The lowest BCUT2D eigenvalue weighted by atomic mass is 9.74. The maximum atomic E-state index is 6.24. The number of nitrogens with one attached hydrogen (secondary N) is 1. The second-order valence-corrected chi connectivity index (χ2v) is 6.97. The van der Waals surface area contributed by atoms with E-state index in [9.17, 15) is 0 Å². The van der Waals surface area contributed by atoms with Crippen LogP contribution in [0.2, 0.25) is 5.02 Å². The molecule has 1 spiro atoms. The summed E-state index contributed by atoms with van der Waals surface area (Å²) in [5.74, 6) is 0.756. The van der Waals surface area contributed by atoms with E-state index in [1.54, 1.807) is 7.11 Å². The average Bonchev–Trinajstić information content (AvgIpc) is 2.48. The van der Waals surface area contributed by atoms with Crippen LogP contribution in [0.4, 0.5) is 0 Å². The summed E-state index contributed by atoms with van der Waals surface area (Å²) in [7, 11) is 1.66. The molecule has 0 radical (unpaired) electrons. The van der Waals surface area contributed by atoms with E-state index >= 15 is 0 Å². The van der Waals surface area contributed by atoms with Gasteiger partial charge in [0.05, 0.1) is 12.1 Å². The van der Waals surface area contributed by atoms with Crippen molar-refractivity contribution >= 4 is 11.6 Å². The molecule has 2 fully saturated rings. The molecule has 1 atom stereocenters. The van der Waals surface area contributed by atoms with Gasteiger partial charge in [-0.15, -0.1) is 0 Å². The highest BCUT2D eigenvalue weighted by Gasteiger charge is 2.36. The number of halogens is 1. The third kappa shape index (κ3) is 3.53. The minimum absolute atomic E-state index is 0.507. The van der Waals surface area contributed by atoms with Gasteiger partial charge in [0.15, 0.2) is 0 Å². The molecule has 0 bridgehead atoms. The fourth-order valence-electron chi connectivity index (χ4n) is 3.89. The quantitative estimate of drug-likeness (QED) is 0.927. The summed E-state index contributed by atoms with van der Waals surface area (Å²) >= 11 is 6.24. The Morgan fingerprint density at radius 1 is 1.33 bits per heavy atom. The summed E-state index contributed by atoms with van der Waals surface area (Å²) in [5.41, 5.74) is 1.79. The van der Waals surface area contributed by atoms with E-state index in [0.29, 0.717) is 10.4 Å². The van der Waals surface area contributed by atoms with Gasteiger partial charge in [-0.05, 0) is 61.9 Å². The lowest BCUT2D eigenvalue weighted by molar-refractivity contribution is 0.0600. The highest BCUT2D eigenvalue weighted by molar-refractivity contribution is 6.32. The van der Waals surface area contributed by atoms with Crippen molar-refractivity contribution in [2.75, 3.05) is 33.3 Å². The molecule has 2 aliphatic heterocycles. The largest absolute Gasteiger partial charge is 0.495 e. The van der Waals surface area contributed by atoms with Gasteiger partial charge in [0.2, 0.25) is 0 Å². The molecule has 4 heteroatoms. The second-order valence-electron chi connectivity index (χ2n) is 6.56. The van der Waals surface area contributed by atoms with E-state index in [1.807, 2.05) is 12.1 Å². The van der Waals surface area contributed by atoms with Crippen LogP contribution in [-0.2, 0) is 6.54 Å². The molecule has 0 amide bonds. The van der Waals surface area contributed by atoms with Crippen molar-refractivity contribution in [2.45, 2.75) is 32.2 Å². The molecule has 1 N–H and O–H groups in total. The fraction of sp³-hybridized carbons (Fsp3) is 0.647. The van der Waals surface area contributed by atoms with E-state index in [2.05, 4.69) is 16.3 Å². The Balaban J connectivity index is 1.65. The van der Waals surface area contributed by atoms with Crippen LogP contribution in [-0.4, -0.2) is 38.2 Å². The Kier molecular flexibility index (Phi) is 4.72. The number of piperidine rings is 2. The molecule has 0 saturated carbocycles. The fourth-order valence-corrected chi connectivity index (χ4v) is 4.17. The third-order valence-electron chi connectivity index (χ3n) is 4.92. The zero-order valence-corrected chi connectivity index (χ0v) is 13.6. The van der Waals surface area contributed by atoms with E-state index in [1.165, 1.54) is 57.4 Å². The maximum absolute atomic E-state index is 6.24. The normalized spacial score (nSPS) is 27.0. The molecule has 1 aromatic rings. The summed E-state index contributed by atoms with van der Waals surface area (Å²) in [6.07, 6.45) is 5.38. The minimum atomic E-state index is 0.507. The number of hydrogen-bond acceptors (Lipinski definition) is 3. The lowest BCUT2D eigenvalue weighted by Crippen LogP contribution is -2.50. The van der Waals surface area contributed by atoms with Crippen molar-refractivity contribution < 1.29 is 4.74 Å². The minimum Gasteiger partial charge on any atom is -0.495 e. The van der Waals surface area contributed by atoms with E-state index < -0.39 is 0 Å². The first-order valence-corrected chi connectivity index (χ1v) is 8.34. The average molecular weight is 309 g/mol. The summed E-state index contributed by atoms with van der Waals surface area (Å²) in [4.78, 5) is 2.59. The van der Waals surface area contributed by atoms with Gasteiger partial charge in [-0.25, -0.2) is 0 Å². The Morgan fingerprint density at radius 3 is 2.90 bits per heavy atom. The molecule has 1 aromatic carbocycles. The molecule has 2 heterocycles. The van der Waals surface area contributed by atoms with Gasteiger partial charge in [0, 0.05) is 19.6 Å². The highest BCUT2D eigenvalue weighted by Crippen LogP contribution is 2.36. The van der Waals surface area contributed by atoms with E-state index in [4.69, 9.17) is 16.3 Å². The number of benzene rings is 1. The standard InChI is InChI=1S/C17H25ClN2O/c1-21-16-5-4-14(10-15(16)18)11-20-9-3-7-17(13-20)6-2-8-19-12-17/h4-5,10,19H,2-3,6-9,11-13H2,1H3. The van der Waals surface area contributed by atoms with Gasteiger partial charge < -0.3 is 10.1 Å². The van der Waals surface area contributed by atoms with Crippen LogP contribution in [0.25, 0.3) is 0 Å². The van der Waals surface area contributed by atoms with Gasteiger partial charge in [0.25, 0.3) is 0 Å². The first-order valence-electron chi connectivity index (χ1n) is 7.96. The summed E-state index contributed by atoms with van der Waals surface area (Å²) in [6, 6.07) is 6.14. The smallest absolute Gasteiger partial charge is 0.137 e. The SMILES string of the molecule is COc1ccc(CN2CCCC3(CCCNC3)C2)cc1Cl. The van der Waals surface area contributed by atoms with Crippen molar-refractivity contribution in [2.24, 2.45) is 5.41 Å². The Bertz CT molecular complexity index is 480. The molecule has 2 saturated heterocycles. The Labute approximate surface area is 132 Å². The molecule has 3 nitrogen and oxygen atoms in total. The summed E-state index contributed by atoms with van der Waals surface area (Å²) in [6.45, 7) is 5.78. The van der Waals surface area contributed by atoms with Crippen LogP contribution >= 0.6 is 11.6 Å². The number of likely N-dealkylation sites (tertiary alicyclic amines) is 1. The number of methoxy groups -OCH3 is 1. The van der Waals surface area contributed by atoms with Crippen LogP contribution < -0.4 is 10.1 Å².